The fourth-order valence-corrected chi connectivity index (χ4v) is 9.17. The maximum atomic E-state index is 14.4. The van der Waals surface area contributed by atoms with E-state index in [0.29, 0.717) is 19.4 Å². The van der Waals surface area contributed by atoms with Crippen molar-refractivity contribution in [3.05, 3.63) is 0 Å². The standard InChI is InChI=1S/C39H74N2O11/c1-15-27-17-29(42)23(4)32(51-30-19-38(9,48-14)34(45)26(7)50-30)24(5)35(52-36-31(43)28(40(11)12)16-22(3)49-36)37(8,46)18-21(2)20-41(13)25(6)33(44)39(27,10)47/h21-28,30-36,43-47H,15-20H2,1-14H3/t21-,22?,23+,24-,25-,26?,27+,28?,30?,31?,32-,33-,34?,35-,36?,37-,38?,39-/m1/s1. The number of aliphatic hydroxyl groups is 5. The van der Waals surface area contributed by atoms with E-state index >= 15 is 0 Å². The summed E-state index contributed by atoms with van der Waals surface area (Å²) in [6.45, 7) is 18.7. The van der Waals surface area contributed by atoms with Crippen LogP contribution in [-0.2, 0) is 28.5 Å². The number of aliphatic hydroxyl groups excluding tert-OH is 3. The molecule has 0 aromatic heterocycles. The van der Waals surface area contributed by atoms with Gasteiger partial charge in [0.1, 0.15) is 18.0 Å². The summed E-state index contributed by atoms with van der Waals surface area (Å²) in [6.07, 6.45) is -6.35. The molecule has 13 heteroatoms. The van der Waals surface area contributed by atoms with Crippen LogP contribution in [-0.4, -0.2) is 160 Å². The molecule has 306 valence electrons. The van der Waals surface area contributed by atoms with Crippen LogP contribution in [0.1, 0.15) is 101 Å². The van der Waals surface area contributed by atoms with E-state index in [1.807, 2.05) is 65.6 Å². The Labute approximate surface area is 313 Å². The van der Waals surface area contributed by atoms with Crippen molar-refractivity contribution in [1.29, 1.82) is 0 Å². The van der Waals surface area contributed by atoms with Crippen molar-refractivity contribution >= 4 is 5.78 Å². The second kappa shape index (κ2) is 18.0. The molecule has 3 aliphatic rings. The number of nitrogens with zero attached hydrogens (tertiary/aromatic N) is 2. The van der Waals surface area contributed by atoms with Gasteiger partial charge in [-0.15, -0.1) is 0 Å². The lowest BCUT2D eigenvalue weighted by Crippen LogP contribution is -2.60. The summed E-state index contributed by atoms with van der Waals surface area (Å²) < 4.78 is 31.7. The van der Waals surface area contributed by atoms with Crippen LogP contribution >= 0.6 is 0 Å². The Morgan fingerprint density at radius 1 is 0.942 bits per heavy atom. The number of carbonyl (C=O) groups is 1. The number of ketones is 1. The first kappa shape index (κ1) is 45.6. The van der Waals surface area contributed by atoms with Gasteiger partial charge in [0.2, 0.25) is 0 Å². The zero-order chi connectivity index (χ0) is 39.7. The molecule has 0 amide bonds. The van der Waals surface area contributed by atoms with E-state index < -0.39 is 89.8 Å². The van der Waals surface area contributed by atoms with E-state index in [1.165, 1.54) is 7.11 Å². The smallest absolute Gasteiger partial charge is 0.185 e. The molecule has 3 fully saturated rings. The summed E-state index contributed by atoms with van der Waals surface area (Å²) in [5, 5.41) is 58.4. The van der Waals surface area contributed by atoms with E-state index in [-0.39, 0.29) is 43.1 Å². The Balaban J connectivity index is 2.17. The van der Waals surface area contributed by atoms with E-state index in [2.05, 4.69) is 0 Å². The van der Waals surface area contributed by atoms with Crippen LogP contribution in [0.4, 0.5) is 0 Å². The lowest BCUT2D eigenvalue weighted by molar-refractivity contribution is -0.317. The number of rotatable bonds is 7. The largest absolute Gasteiger partial charge is 0.388 e. The number of carbonyl (C=O) groups excluding carboxylic acids is 1. The average molecular weight is 747 g/mol. The van der Waals surface area contributed by atoms with E-state index in [4.69, 9.17) is 23.7 Å². The van der Waals surface area contributed by atoms with Gasteiger partial charge < -0.3 is 59.0 Å². The second-order valence-corrected chi connectivity index (χ2v) is 17.6. The molecule has 52 heavy (non-hydrogen) atoms. The summed E-state index contributed by atoms with van der Waals surface area (Å²) in [5.41, 5.74) is -4.08. The lowest BCUT2D eigenvalue weighted by Gasteiger charge is -2.49. The quantitative estimate of drug-likeness (QED) is 0.258. The number of Topliss-reactive ketones (excluding diaryl/α,β-unsaturated/α-hetero) is 1. The van der Waals surface area contributed by atoms with Crippen LogP contribution in [0.3, 0.4) is 0 Å². The molecule has 0 aromatic carbocycles. The van der Waals surface area contributed by atoms with Gasteiger partial charge in [-0.2, -0.15) is 0 Å². The number of methoxy groups -OCH3 is 1. The van der Waals surface area contributed by atoms with Crippen LogP contribution in [0, 0.1) is 23.7 Å². The summed E-state index contributed by atoms with van der Waals surface area (Å²) in [4.78, 5) is 18.3. The molecule has 0 saturated carbocycles. The molecule has 8 unspecified atom stereocenters. The fourth-order valence-electron chi connectivity index (χ4n) is 9.17. The molecule has 0 aliphatic carbocycles. The lowest BCUT2D eigenvalue weighted by atomic mass is 9.74. The minimum absolute atomic E-state index is 0.0219. The highest BCUT2D eigenvalue weighted by Gasteiger charge is 2.52. The molecule has 0 aromatic rings. The minimum Gasteiger partial charge on any atom is -0.388 e. The minimum atomic E-state index is -1.58. The Hall–Kier alpha value is -0.810. The second-order valence-electron chi connectivity index (χ2n) is 17.6. The Morgan fingerprint density at radius 2 is 1.56 bits per heavy atom. The highest BCUT2D eigenvalue weighted by atomic mass is 16.7. The molecule has 3 rings (SSSR count). The molecule has 3 aliphatic heterocycles. The van der Waals surface area contributed by atoms with Crippen LogP contribution in [0.15, 0.2) is 0 Å². The van der Waals surface area contributed by atoms with E-state index in [0.717, 1.165) is 0 Å². The molecule has 18 atom stereocenters. The van der Waals surface area contributed by atoms with Crippen molar-refractivity contribution in [3.63, 3.8) is 0 Å². The Morgan fingerprint density at radius 3 is 2.12 bits per heavy atom. The topological polar surface area (TPSA) is 171 Å². The highest BCUT2D eigenvalue weighted by Crippen LogP contribution is 2.41. The van der Waals surface area contributed by atoms with Crippen molar-refractivity contribution in [3.8, 4) is 0 Å². The molecular weight excluding hydrogens is 672 g/mol. The van der Waals surface area contributed by atoms with Gasteiger partial charge in [0.05, 0.1) is 47.3 Å². The van der Waals surface area contributed by atoms with Crippen molar-refractivity contribution in [2.24, 2.45) is 23.7 Å². The third kappa shape index (κ3) is 10.1. The van der Waals surface area contributed by atoms with Crippen molar-refractivity contribution in [1.82, 2.24) is 9.80 Å². The number of hydrogen-bond donors (Lipinski definition) is 5. The third-order valence-corrected chi connectivity index (χ3v) is 12.8. The number of ether oxygens (including phenoxy) is 5. The maximum Gasteiger partial charge on any atom is 0.185 e. The van der Waals surface area contributed by atoms with Crippen LogP contribution in [0.25, 0.3) is 0 Å². The van der Waals surface area contributed by atoms with Gasteiger partial charge in [0.25, 0.3) is 0 Å². The first-order chi connectivity index (χ1) is 23.9. The number of hydrogen-bond acceptors (Lipinski definition) is 13. The summed E-state index contributed by atoms with van der Waals surface area (Å²) in [5.74, 6) is -2.31. The van der Waals surface area contributed by atoms with Crippen LogP contribution < -0.4 is 0 Å². The summed E-state index contributed by atoms with van der Waals surface area (Å²) >= 11 is 0. The molecular formula is C39H74N2O11. The normalized spacial score (nSPS) is 49.8. The van der Waals surface area contributed by atoms with E-state index in [9.17, 15) is 30.3 Å². The molecule has 13 nitrogen and oxygen atoms in total. The predicted molar refractivity (Wildman–Crippen MR) is 197 cm³/mol. The molecule has 0 radical (unpaired) electrons. The van der Waals surface area contributed by atoms with Gasteiger partial charge in [0, 0.05) is 50.4 Å². The highest BCUT2D eigenvalue weighted by molar-refractivity contribution is 5.81. The van der Waals surface area contributed by atoms with Gasteiger partial charge in [-0.25, -0.2) is 0 Å². The zero-order valence-corrected chi connectivity index (χ0v) is 34.5. The fraction of sp³-hybridized carbons (Fsp3) is 0.974. The van der Waals surface area contributed by atoms with Gasteiger partial charge in [-0.05, 0) is 87.4 Å². The Kier molecular flexibility index (Phi) is 15.8. The summed E-state index contributed by atoms with van der Waals surface area (Å²) in [7, 11) is 7.21. The predicted octanol–water partition coefficient (Wildman–Crippen LogP) is 2.56. The van der Waals surface area contributed by atoms with E-state index in [1.54, 1.807) is 34.6 Å². The van der Waals surface area contributed by atoms with Gasteiger partial charge in [-0.1, -0.05) is 34.1 Å². The van der Waals surface area contributed by atoms with Gasteiger partial charge >= 0.3 is 0 Å². The summed E-state index contributed by atoms with van der Waals surface area (Å²) in [6, 6.07) is -0.708. The molecule has 5 N–H and O–H groups in total. The van der Waals surface area contributed by atoms with Gasteiger partial charge in [-0.3, -0.25) is 4.79 Å². The van der Waals surface area contributed by atoms with Crippen molar-refractivity contribution in [2.75, 3.05) is 34.8 Å². The monoisotopic (exact) mass is 747 g/mol. The Bertz CT molecular complexity index is 1140. The average Bonchev–Trinajstić information content (AvgIpc) is 3.05. The molecule has 3 heterocycles. The zero-order valence-electron chi connectivity index (χ0n) is 34.5. The van der Waals surface area contributed by atoms with Crippen LogP contribution in [0.5, 0.6) is 0 Å². The molecule has 0 bridgehead atoms. The van der Waals surface area contributed by atoms with Gasteiger partial charge in [0.15, 0.2) is 12.6 Å². The SMILES string of the molecule is CC[C@H]1CC(=O)[C@H](C)[C@@H](OC2CC(C)(OC)C(O)C(C)O2)[C@@H](C)[C@@H](OC2OC(C)CC(N(C)C)C2O)[C@](C)(O)C[C@@H](C)CN(C)[C@H](C)[C@@H](O)[C@]1(C)O. The third-order valence-electron chi connectivity index (χ3n) is 12.8. The molecule has 0 spiro atoms. The van der Waals surface area contributed by atoms with Crippen molar-refractivity contribution < 1.29 is 54.0 Å². The maximum absolute atomic E-state index is 14.4. The first-order valence-electron chi connectivity index (χ1n) is 19.5. The number of likely N-dealkylation sites (N-methyl/N-ethyl adjacent to an activating group) is 2. The molecule has 3 saturated heterocycles. The van der Waals surface area contributed by atoms with Crippen molar-refractivity contribution in [2.45, 2.75) is 186 Å². The first-order valence-corrected chi connectivity index (χ1v) is 19.5. The van der Waals surface area contributed by atoms with Crippen LogP contribution in [0.2, 0.25) is 0 Å².